The molecule has 1 aromatic heterocycles. The number of carbonyl (C=O) groups is 1. The number of alkyl halides is 1. The zero-order chi connectivity index (χ0) is 26.7. The quantitative estimate of drug-likeness (QED) is 0.229. The summed E-state index contributed by atoms with van der Waals surface area (Å²) in [4.78, 5) is 36.5. The van der Waals surface area contributed by atoms with Gasteiger partial charge in [0, 0.05) is 12.3 Å². The Morgan fingerprint density at radius 3 is 2.56 bits per heavy atom. The molecule has 1 aliphatic heterocycles. The zero-order valence-corrected chi connectivity index (χ0v) is 21.8. The van der Waals surface area contributed by atoms with Crippen LogP contribution in [0.15, 0.2) is 52.2 Å². The first kappa shape index (κ1) is 28.1. The van der Waals surface area contributed by atoms with Gasteiger partial charge < -0.3 is 19.1 Å². The Hall–Kier alpha value is -2.47. The predicted molar refractivity (Wildman–Crippen MR) is 130 cm³/mol. The molecule has 3 rings (SSSR count). The summed E-state index contributed by atoms with van der Waals surface area (Å²) in [6.45, 7) is 5.75. The van der Waals surface area contributed by atoms with Gasteiger partial charge in [-0.3, -0.25) is 23.7 Å². The smallest absolute Gasteiger partial charge is 0.459 e. The van der Waals surface area contributed by atoms with Gasteiger partial charge in [0.25, 0.3) is 5.56 Å². The number of nitrogens with one attached hydrogen (secondary N) is 2. The van der Waals surface area contributed by atoms with Crippen molar-refractivity contribution < 1.29 is 33.0 Å². The normalized spacial score (nSPS) is 26.4. The van der Waals surface area contributed by atoms with E-state index in [9.17, 15) is 24.1 Å². The number of H-pyrrole nitrogens is 1. The van der Waals surface area contributed by atoms with Crippen molar-refractivity contribution in [2.75, 3.05) is 6.61 Å². The van der Waals surface area contributed by atoms with Crippen LogP contribution in [0.3, 0.4) is 0 Å². The lowest BCUT2D eigenvalue weighted by atomic mass is 10.0. The van der Waals surface area contributed by atoms with Gasteiger partial charge in [0.05, 0.1) is 12.7 Å². The van der Waals surface area contributed by atoms with Crippen LogP contribution in [0.1, 0.15) is 33.9 Å². The molecule has 36 heavy (non-hydrogen) atoms. The minimum absolute atomic E-state index is 0.200. The Balaban J connectivity index is 1.80. The van der Waals surface area contributed by atoms with Crippen molar-refractivity contribution in [2.24, 2.45) is 0 Å². The molecule has 0 bridgehead atoms. The van der Waals surface area contributed by atoms with Gasteiger partial charge in [0.2, 0.25) is 0 Å². The predicted octanol–water partition coefficient (Wildman–Crippen LogP) is 1.93. The lowest BCUT2D eigenvalue weighted by molar-refractivity contribution is -0.149. The minimum Gasteiger partial charge on any atom is -0.462 e. The van der Waals surface area contributed by atoms with Crippen LogP contribution in [0, 0.1) is 0 Å². The molecule has 1 aromatic carbocycles. The molecule has 0 saturated carbocycles. The van der Waals surface area contributed by atoms with Crippen LogP contribution in [0.4, 0.5) is 0 Å². The van der Waals surface area contributed by atoms with E-state index in [0.717, 1.165) is 10.6 Å². The molecule has 14 heteroatoms. The van der Waals surface area contributed by atoms with E-state index >= 15 is 0 Å². The molecule has 0 spiro atoms. The summed E-state index contributed by atoms with van der Waals surface area (Å²) >= 11 is 6.52. The number of aliphatic hydroxyl groups excluding tert-OH is 1. The maximum atomic E-state index is 13.6. The van der Waals surface area contributed by atoms with E-state index < -0.39 is 67.0 Å². The molecule has 3 N–H and O–H groups in total. The molecule has 1 fully saturated rings. The van der Waals surface area contributed by atoms with Gasteiger partial charge in [-0.05, 0) is 39.8 Å². The second kappa shape index (κ2) is 11.3. The van der Waals surface area contributed by atoms with Crippen LogP contribution in [0.25, 0.3) is 0 Å². The Morgan fingerprint density at radius 1 is 1.28 bits per heavy atom. The van der Waals surface area contributed by atoms with E-state index in [2.05, 4.69) is 10.1 Å². The summed E-state index contributed by atoms with van der Waals surface area (Å²) in [6.07, 6.45) is -2.92. The second-order valence-corrected chi connectivity index (χ2v) is 11.2. The summed E-state index contributed by atoms with van der Waals surface area (Å²) in [5.41, 5.74) is -1.40. The van der Waals surface area contributed by atoms with E-state index in [1.165, 1.54) is 20.0 Å². The van der Waals surface area contributed by atoms with Gasteiger partial charge >= 0.3 is 19.4 Å². The minimum atomic E-state index is -4.22. The first-order valence-electron chi connectivity index (χ1n) is 11.1. The van der Waals surface area contributed by atoms with Gasteiger partial charge in [0.15, 0.2) is 6.23 Å². The van der Waals surface area contributed by atoms with Crippen LogP contribution in [0.2, 0.25) is 0 Å². The number of hydrogen-bond donors (Lipinski definition) is 3. The Labute approximate surface area is 212 Å². The number of aromatic amines is 1. The van der Waals surface area contributed by atoms with Gasteiger partial charge in [-0.2, -0.15) is 5.09 Å². The summed E-state index contributed by atoms with van der Waals surface area (Å²) in [6, 6.07) is 8.18. The SMILES string of the molecule is CC(C)OC(=O)C(C)N[P@@](=O)(OCC1O[C@H](n2ccc(=O)[nH]c2=O)[C@](C)(Cl)[C@@H]1O)Oc1ccccc1. The van der Waals surface area contributed by atoms with E-state index in [0.29, 0.717) is 0 Å². The molecule has 6 atom stereocenters. The second-order valence-electron chi connectivity index (χ2n) is 8.67. The number of aliphatic hydroxyl groups is 1. The third kappa shape index (κ3) is 6.64. The lowest BCUT2D eigenvalue weighted by Crippen LogP contribution is -2.43. The number of halogens is 1. The van der Waals surface area contributed by atoms with Gasteiger partial charge in [-0.15, -0.1) is 11.6 Å². The zero-order valence-electron chi connectivity index (χ0n) is 20.1. The van der Waals surface area contributed by atoms with Gasteiger partial charge in [-0.1, -0.05) is 18.2 Å². The van der Waals surface area contributed by atoms with Crippen molar-refractivity contribution in [3.05, 3.63) is 63.4 Å². The fourth-order valence-corrected chi connectivity index (χ4v) is 5.27. The Kier molecular flexibility index (Phi) is 8.81. The van der Waals surface area contributed by atoms with Crippen LogP contribution in [0.5, 0.6) is 5.75 Å². The van der Waals surface area contributed by atoms with Crippen LogP contribution >= 0.6 is 19.3 Å². The molecule has 2 aromatic rings. The van der Waals surface area contributed by atoms with Crippen LogP contribution < -0.4 is 20.9 Å². The summed E-state index contributed by atoms with van der Waals surface area (Å²) in [7, 11) is -4.22. The number of benzene rings is 1. The van der Waals surface area contributed by atoms with Crippen molar-refractivity contribution in [3.63, 3.8) is 0 Å². The fourth-order valence-electron chi connectivity index (χ4n) is 3.47. The van der Waals surface area contributed by atoms with E-state index in [1.807, 2.05) is 0 Å². The summed E-state index contributed by atoms with van der Waals surface area (Å²) in [5.74, 6) is -0.473. The number of hydrogen-bond acceptors (Lipinski definition) is 9. The average Bonchev–Trinajstić information content (AvgIpc) is 3.01. The number of aromatic nitrogens is 2. The number of esters is 1. The number of ether oxygens (including phenoxy) is 2. The number of rotatable bonds is 10. The molecule has 0 aliphatic carbocycles. The van der Waals surface area contributed by atoms with Crippen molar-refractivity contribution in [1.82, 2.24) is 14.6 Å². The molecular weight excluding hydrogens is 517 g/mol. The molecule has 1 saturated heterocycles. The van der Waals surface area contributed by atoms with Crippen molar-refractivity contribution in [1.29, 1.82) is 0 Å². The summed E-state index contributed by atoms with van der Waals surface area (Å²) < 4.78 is 36.7. The van der Waals surface area contributed by atoms with Crippen molar-refractivity contribution in [2.45, 2.75) is 63.2 Å². The highest BCUT2D eigenvalue weighted by molar-refractivity contribution is 7.52. The van der Waals surface area contributed by atoms with Crippen LogP contribution in [-0.4, -0.2) is 56.5 Å². The highest BCUT2D eigenvalue weighted by atomic mass is 35.5. The van der Waals surface area contributed by atoms with Crippen molar-refractivity contribution >= 4 is 25.3 Å². The standard InChI is InChI=1S/C22H29ClN3O9P/c1-13(2)33-19(29)14(3)25-36(31,35-15-8-6-5-7-9-15)32-12-16-18(28)22(4,23)20(34-16)26-11-10-17(27)24-21(26)30/h5-11,13-14,16,18,20,28H,12H2,1-4H3,(H,25,31)(H,24,27,30)/t14?,16?,18-,20+,22-,36-/m1/s1. The maximum absolute atomic E-state index is 13.6. The molecule has 198 valence electrons. The molecular formula is C22H29ClN3O9P. The number of para-hydroxylation sites is 1. The largest absolute Gasteiger partial charge is 0.462 e. The van der Waals surface area contributed by atoms with Gasteiger partial charge in [0.1, 0.15) is 28.9 Å². The highest BCUT2D eigenvalue weighted by Gasteiger charge is 2.54. The Bertz CT molecular complexity index is 1220. The van der Waals surface area contributed by atoms with E-state index in [4.69, 9.17) is 30.1 Å². The lowest BCUT2D eigenvalue weighted by Gasteiger charge is -2.26. The monoisotopic (exact) mass is 545 g/mol. The highest BCUT2D eigenvalue weighted by Crippen LogP contribution is 2.48. The Morgan fingerprint density at radius 2 is 1.94 bits per heavy atom. The number of carbonyl (C=O) groups excluding carboxylic acids is 1. The maximum Gasteiger partial charge on any atom is 0.459 e. The molecule has 0 radical (unpaired) electrons. The molecule has 2 unspecified atom stereocenters. The van der Waals surface area contributed by atoms with Crippen molar-refractivity contribution in [3.8, 4) is 5.75 Å². The first-order valence-corrected chi connectivity index (χ1v) is 13.1. The topological polar surface area (TPSA) is 158 Å². The summed E-state index contributed by atoms with van der Waals surface area (Å²) in [5, 5.41) is 13.3. The van der Waals surface area contributed by atoms with E-state index in [1.54, 1.807) is 44.2 Å². The molecule has 0 amide bonds. The molecule has 12 nitrogen and oxygen atoms in total. The fraction of sp³-hybridized carbons (Fsp3) is 0.500. The number of nitrogens with zero attached hydrogens (tertiary/aromatic N) is 1. The molecule has 2 heterocycles. The first-order chi connectivity index (χ1) is 16.8. The van der Waals surface area contributed by atoms with Crippen LogP contribution in [-0.2, 0) is 23.4 Å². The molecule has 1 aliphatic rings. The third-order valence-corrected chi connectivity index (χ3v) is 7.31. The van der Waals surface area contributed by atoms with E-state index in [-0.39, 0.29) is 5.75 Å². The average molecular weight is 546 g/mol. The van der Waals surface area contributed by atoms with Gasteiger partial charge in [-0.25, -0.2) is 9.36 Å². The third-order valence-electron chi connectivity index (χ3n) is 5.26.